The van der Waals surface area contributed by atoms with Gasteiger partial charge in [0.15, 0.2) is 16.8 Å². The molecule has 4 atom stereocenters. The van der Waals surface area contributed by atoms with E-state index in [0.717, 1.165) is 37.1 Å². The van der Waals surface area contributed by atoms with Gasteiger partial charge in [0.05, 0.1) is 17.1 Å². The number of nitrogen functional groups attached to an aromatic ring is 2. The summed E-state index contributed by atoms with van der Waals surface area (Å²) in [7, 11) is 0. The van der Waals surface area contributed by atoms with Crippen LogP contribution in [0.15, 0.2) is 36.4 Å². The number of aromatic nitrogens is 4. The third-order valence-electron chi connectivity index (χ3n) is 9.91. The van der Waals surface area contributed by atoms with Gasteiger partial charge in [-0.2, -0.15) is 0 Å². The third-order valence-corrected chi connectivity index (χ3v) is 10.1. The molecule has 0 aliphatic carbocycles. The van der Waals surface area contributed by atoms with E-state index < -0.39 is 11.2 Å². The smallest absolute Gasteiger partial charge is 0.254 e. The van der Waals surface area contributed by atoms with Crippen molar-refractivity contribution in [2.45, 2.75) is 88.7 Å². The summed E-state index contributed by atoms with van der Waals surface area (Å²) in [6.07, 6.45) is 3.64. The monoisotopic (exact) mass is 708 g/mol. The van der Waals surface area contributed by atoms with Gasteiger partial charge in [-0.05, 0) is 71.6 Å². The molecule has 4 unspecified atom stereocenters. The Morgan fingerprint density at radius 1 is 0.720 bits per heavy atom. The number of anilines is 4. The van der Waals surface area contributed by atoms with E-state index in [4.69, 9.17) is 23.1 Å². The zero-order valence-electron chi connectivity index (χ0n) is 28.7. The van der Waals surface area contributed by atoms with Crippen LogP contribution in [0.5, 0.6) is 5.75 Å². The van der Waals surface area contributed by atoms with E-state index in [0.29, 0.717) is 54.2 Å². The Kier molecular flexibility index (Phi) is 9.43. The first kappa shape index (κ1) is 35.4. The Bertz CT molecular complexity index is 1740. The maximum absolute atomic E-state index is 12.6. The van der Waals surface area contributed by atoms with Gasteiger partial charge in [0.25, 0.3) is 11.8 Å². The molecule has 4 bridgehead atoms. The Labute approximate surface area is 295 Å². The molecule has 1 aromatic carbocycles. The number of aliphatic hydroxyl groups is 2. The first-order chi connectivity index (χ1) is 23.5. The summed E-state index contributed by atoms with van der Waals surface area (Å²) in [5, 5.41) is 46.4. The Balaban J connectivity index is 0.000000178. The van der Waals surface area contributed by atoms with E-state index >= 15 is 0 Å². The second kappa shape index (κ2) is 13.3. The van der Waals surface area contributed by atoms with Gasteiger partial charge in [-0.25, -0.2) is 0 Å². The summed E-state index contributed by atoms with van der Waals surface area (Å²) in [6, 6.07) is 10.7. The van der Waals surface area contributed by atoms with Crippen LogP contribution in [0.3, 0.4) is 0 Å². The van der Waals surface area contributed by atoms with Crippen LogP contribution in [-0.2, 0) is 9.59 Å². The summed E-state index contributed by atoms with van der Waals surface area (Å²) < 4.78 is 0. The second-order valence-corrected chi connectivity index (χ2v) is 15.0. The number of piperazine rings is 2. The molecule has 50 heavy (non-hydrogen) atoms. The highest BCUT2D eigenvalue weighted by atomic mass is 35.5. The number of fused-ring (bicyclic) bond motifs is 4. The molecule has 4 saturated heterocycles. The molecule has 0 spiro atoms. The van der Waals surface area contributed by atoms with Crippen molar-refractivity contribution in [2.75, 3.05) is 47.4 Å². The number of phenolic OH excluding ortho intramolecular Hbond substituents is 1. The fourth-order valence-electron chi connectivity index (χ4n) is 7.58. The maximum Gasteiger partial charge on any atom is 0.254 e. The number of hydrogen-bond acceptors (Lipinski definition) is 13. The molecule has 2 amide bonds. The largest absolute Gasteiger partial charge is 0.507 e. The molecule has 0 saturated carbocycles. The molecule has 6 heterocycles. The van der Waals surface area contributed by atoms with Crippen molar-refractivity contribution >= 4 is 46.4 Å². The van der Waals surface area contributed by atoms with Gasteiger partial charge < -0.3 is 46.4 Å². The van der Waals surface area contributed by atoms with Crippen LogP contribution in [-0.4, -0.2) is 119 Å². The molecule has 4 fully saturated rings. The summed E-state index contributed by atoms with van der Waals surface area (Å²) in [6.45, 7) is 8.68. The highest BCUT2D eigenvalue weighted by Crippen LogP contribution is 2.38. The number of phenols is 1. The highest BCUT2D eigenvalue weighted by molar-refractivity contribution is 6.29. The van der Waals surface area contributed by atoms with Crippen molar-refractivity contribution in [2.24, 2.45) is 0 Å². The molecule has 7 N–H and O–H groups in total. The zero-order chi connectivity index (χ0) is 36.1. The van der Waals surface area contributed by atoms with Crippen molar-refractivity contribution in [3.05, 3.63) is 41.6 Å². The minimum absolute atomic E-state index is 0.0267. The quantitative estimate of drug-likeness (QED) is 0.257. The number of halogens is 1. The number of nitrogens with two attached hydrogens (primary N) is 2. The molecule has 16 heteroatoms. The molecule has 3 aromatic rings. The first-order valence-corrected chi connectivity index (χ1v) is 17.2. The number of carbonyl (C=O) groups is 2. The average molecular weight is 709 g/mol. The van der Waals surface area contributed by atoms with Crippen LogP contribution >= 0.6 is 11.6 Å². The van der Waals surface area contributed by atoms with Crippen LogP contribution in [0.4, 0.5) is 23.0 Å². The second-order valence-electron chi connectivity index (χ2n) is 14.6. The SMILES string of the molecule is CC(C)(O)C(=O)N1C2CCC1CN(c1cc(-c3ccccc3O)nnc1N)C2.CC(C)(O)C(=O)N1C2CCC1CN(c1cc(Cl)nnc1N)C2. The van der Waals surface area contributed by atoms with Crippen molar-refractivity contribution in [1.82, 2.24) is 30.2 Å². The fourth-order valence-corrected chi connectivity index (χ4v) is 7.72. The van der Waals surface area contributed by atoms with Gasteiger partial charge in [-0.1, -0.05) is 23.7 Å². The number of benzene rings is 1. The lowest BCUT2D eigenvalue weighted by molar-refractivity contribution is -0.151. The van der Waals surface area contributed by atoms with Crippen LogP contribution < -0.4 is 21.3 Å². The average Bonchev–Trinajstić information content (AvgIpc) is 3.47. The molecule has 268 valence electrons. The third kappa shape index (κ3) is 6.94. The number of amides is 2. The number of aromatic hydroxyl groups is 1. The highest BCUT2D eigenvalue weighted by Gasteiger charge is 2.47. The van der Waals surface area contributed by atoms with Crippen LogP contribution in [0, 0.1) is 0 Å². The molecular formula is C34H45ClN10O5. The van der Waals surface area contributed by atoms with Gasteiger partial charge in [0, 0.05) is 62.0 Å². The molecule has 0 radical (unpaired) electrons. The maximum atomic E-state index is 12.6. The van der Waals surface area contributed by atoms with Gasteiger partial charge in [-0.15, -0.1) is 20.4 Å². The Morgan fingerprint density at radius 3 is 1.58 bits per heavy atom. The van der Waals surface area contributed by atoms with Crippen LogP contribution in [0.1, 0.15) is 53.4 Å². The van der Waals surface area contributed by atoms with E-state index in [2.05, 4.69) is 30.2 Å². The molecular weight excluding hydrogens is 664 g/mol. The van der Waals surface area contributed by atoms with Gasteiger partial charge in [0.2, 0.25) is 0 Å². The van der Waals surface area contributed by atoms with Crippen LogP contribution in [0.2, 0.25) is 5.15 Å². The van der Waals surface area contributed by atoms with E-state index in [1.165, 1.54) is 27.7 Å². The first-order valence-electron chi connectivity index (χ1n) is 16.8. The number of carbonyl (C=O) groups excluding carboxylic acids is 2. The standard InChI is InChI=1S/C20H25N5O3.C14H20ClN5O2/c1-20(2,28)19(27)25-12-7-8-13(25)11-24(10-12)16-9-15(22-23-18(16)21)14-5-3-4-6-17(14)26;1-14(2,22)13(21)20-8-3-4-9(20)7-19(6-8)10-5-11(15)17-18-12(10)16/h3-6,9,12-13,26,28H,7-8,10-11H2,1-2H3,(H2,21,23);5,8-9,22H,3-4,6-7H2,1-2H3,(H2,16,18). The number of para-hydroxylation sites is 1. The summed E-state index contributed by atoms with van der Waals surface area (Å²) in [5.74, 6) is 0.356. The molecule has 4 aliphatic heterocycles. The Hall–Kier alpha value is -4.47. The van der Waals surface area contributed by atoms with Gasteiger partial charge >= 0.3 is 0 Å². The summed E-state index contributed by atoms with van der Waals surface area (Å²) >= 11 is 5.91. The van der Waals surface area contributed by atoms with Crippen molar-refractivity contribution < 1.29 is 24.9 Å². The number of hydrogen-bond donors (Lipinski definition) is 5. The van der Waals surface area contributed by atoms with Gasteiger partial charge in [0.1, 0.15) is 17.0 Å². The molecule has 2 aromatic heterocycles. The summed E-state index contributed by atoms with van der Waals surface area (Å²) in [4.78, 5) is 33.0. The lowest BCUT2D eigenvalue weighted by Crippen LogP contribution is -2.60. The minimum atomic E-state index is -1.38. The molecule has 7 rings (SSSR count). The van der Waals surface area contributed by atoms with E-state index in [9.17, 15) is 24.9 Å². The normalized spacial score (nSPS) is 23.1. The van der Waals surface area contributed by atoms with Crippen molar-refractivity contribution in [3.63, 3.8) is 0 Å². The van der Waals surface area contributed by atoms with E-state index in [1.807, 2.05) is 21.9 Å². The zero-order valence-corrected chi connectivity index (χ0v) is 29.5. The van der Waals surface area contributed by atoms with Crippen molar-refractivity contribution in [3.8, 4) is 17.0 Å². The number of rotatable bonds is 5. The van der Waals surface area contributed by atoms with Crippen molar-refractivity contribution in [1.29, 1.82) is 0 Å². The topological polar surface area (TPSA) is 211 Å². The predicted molar refractivity (Wildman–Crippen MR) is 189 cm³/mol. The van der Waals surface area contributed by atoms with Crippen LogP contribution in [0.25, 0.3) is 11.3 Å². The Morgan fingerprint density at radius 2 is 1.14 bits per heavy atom. The molecule has 4 aliphatic rings. The van der Waals surface area contributed by atoms with E-state index in [-0.39, 0.29) is 41.7 Å². The minimum Gasteiger partial charge on any atom is -0.507 e. The molecule has 15 nitrogen and oxygen atoms in total. The van der Waals surface area contributed by atoms with E-state index in [1.54, 1.807) is 24.3 Å². The summed E-state index contributed by atoms with van der Waals surface area (Å²) in [5.41, 5.74) is 11.9. The van der Waals surface area contributed by atoms with Gasteiger partial charge in [-0.3, -0.25) is 9.59 Å². The predicted octanol–water partition coefficient (Wildman–Crippen LogP) is 2.04. The lowest BCUT2D eigenvalue weighted by atomic mass is 10.0. The lowest BCUT2D eigenvalue weighted by Gasteiger charge is -2.44. The number of nitrogens with zero attached hydrogens (tertiary/aromatic N) is 8. The fraction of sp³-hybridized carbons (Fsp3) is 0.529.